The van der Waals surface area contributed by atoms with Gasteiger partial charge < -0.3 is 10.6 Å². The average molecular weight is 355 g/mol. The number of nitrogens with zero attached hydrogens (tertiary/aromatic N) is 1. The second-order valence-electron chi connectivity index (χ2n) is 7.00. The molecule has 2 aromatic carbocycles. The number of piperidine rings is 1. The van der Waals surface area contributed by atoms with Crippen molar-refractivity contribution < 1.29 is 9.18 Å². The van der Waals surface area contributed by atoms with Gasteiger partial charge in [0.05, 0.1) is 0 Å². The van der Waals surface area contributed by atoms with Crippen LogP contribution in [0.1, 0.15) is 24.0 Å². The second-order valence-corrected chi connectivity index (χ2v) is 7.00. The van der Waals surface area contributed by atoms with E-state index in [1.54, 1.807) is 19.2 Å². The number of rotatable bonds is 5. The molecule has 4 nitrogen and oxygen atoms in total. The summed E-state index contributed by atoms with van der Waals surface area (Å²) in [5.74, 6) is -0.351. The molecule has 0 spiro atoms. The van der Waals surface area contributed by atoms with E-state index < -0.39 is 5.54 Å². The third-order valence-electron chi connectivity index (χ3n) is 5.23. The Kier molecular flexibility index (Phi) is 5.57. The van der Waals surface area contributed by atoms with Gasteiger partial charge >= 0.3 is 0 Å². The summed E-state index contributed by atoms with van der Waals surface area (Å²) in [7, 11) is 1.65. The Morgan fingerprint density at radius 3 is 2.54 bits per heavy atom. The lowest BCUT2D eigenvalue weighted by atomic mass is 9.85. The molecule has 1 aliphatic heterocycles. The molecule has 5 heteroatoms. The number of benzene rings is 2. The Bertz CT molecular complexity index is 769. The van der Waals surface area contributed by atoms with Crippen LogP contribution in [0.25, 0.3) is 0 Å². The van der Waals surface area contributed by atoms with Crippen LogP contribution in [0.3, 0.4) is 0 Å². The van der Waals surface area contributed by atoms with E-state index >= 15 is 0 Å². The number of amides is 1. The number of halogens is 1. The van der Waals surface area contributed by atoms with Gasteiger partial charge in [-0.05, 0) is 49.1 Å². The number of likely N-dealkylation sites (tertiary alicyclic amines) is 1. The number of aryl methyl sites for hydroxylation is 1. The number of nitrogens with one attached hydrogen (secondary N) is 2. The minimum Gasteiger partial charge on any atom is -0.371 e. The van der Waals surface area contributed by atoms with Crippen LogP contribution in [-0.4, -0.2) is 36.5 Å². The van der Waals surface area contributed by atoms with Gasteiger partial charge in [-0.2, -0.15) is 0 Å². The first-order chi connectivity index (χ1) is 12.5. The Morgan fingerprint density at radius 1 is 1.15 bits per heavy atom. The van der Waals surface area contributed by atoms with Crippen molar-refractivity contribution in [1.29, 1.82) is 0 Å². The number of anilines is 1. The fourth-order valence-corrected chi connectivity index (χ4v) is 3.61. The van der Waals surface area contributed by atoms with E-state index in [2.05, 4.69) is 46.7 Å². The smallest absolute Gasteiger partial charge is 0.245 e. The maximum absolute atomic E-state index is 13.5. The zero-order chi connectivity index (χ0) is 18.6. The van der Waals surface area contributed by atoms with Crippen LogP contribution < -0.4 is 10.6 Å². The maximum atomic E-state index is 13.5. The van der Waals surface area contributed by atoms with Gasteiger partial charge in [-0.1, -0.05) is 30.3 Å². The van der Waals surface area contributed by atoms with E-state index in [1.165, 1.54) is 23.3 Å². The molecule has 0 bridgehead atoms. The summed E-state index contributed by atoms with van der Waals surface area (Å²) in [6.07, 6.45) is 1.35. The van der Waals surface area contributed by atoms with E-state index in [-0.39, 0.29) is 11.7 Å². The van der Waals surface area contributed by atoms with Gasteiger partial charge in [0.1, 0.15) is 11.4 Å². The molecule has 2 N–H and O–H groups in total. The highest BCUT2D eigenvalue weighted by Crippen LogP contribution is 2.29. The Balaban J connectivity index is 1.71. The van der Waals surface area contributed by atoms with Gasteiger partial charge in [0.25, 0.3) is 0 Å². The van der Waals surface area contributed by atoms with Crippen LogP contribution in [0.2, 0.25) is 0 Å². The fourth-order valence-electron chi connectivity index (χ4n) is 3.61. The number of hydrogen-bond donors (Lipinski definition) is 2. The molecule has 0 unspecified atom stereocenters. The SMILES string of the molecule is CNC(=O)C1(Nc2cccc(F)c2)CCN(Cc2ccccc2C)CC1. The molecule has 1 saturated heterocycles. The van der Waals surface area contributed by atoms with E-state index in [0.29, 0.717) is 18.5 Å². The lowest BCUT2D eigenvalue weighted by Gasteiger charge is -2.41. The van der Waals surface area contributed by atoms with Crippen molar-refractivity contribution in [3.63, 3.8) is 0 Å². The first-order valence-corrected chi connectivity index (χ1v) is 9.05. The molecule has 0 aromatic heterocycles. The minimum atomic E-state index is -0.704. The number of carbonyl (C=O) groups is 1. The number of hydrogen-bond acceptors (Lipinski definition) is 3. The summed E-state index contributed by atoms with van der Waals surface area (Å²) >= 11 is 0. The lowest BCUT2D eigenvalue weighted by molar-refractivity contribution is -0.126. The van der Waals surface area contributed by atoms with Gasteiger partial charge in [0, 0.05) is 32.4 Å². The second kappa shape index (κ2) is 7.87. The normalized spacial score (nSPS) is 16.9. The molecule has 1 amide bonds. The summed E-state index contributed by atoms with van der Waals surface area (Å²) in [4.78, 5) is 15.0. The van der Waals surface area contributed by atoms with Gasteiger partial charge in [-0.25, -0.2) is 4.39 Å². The molecule has 0 aliphatic carbocycles. The molecule has 2 aromatic rings. The van der Waals surface area contributed by atoms with Crippen LogP contribution in [0, 0.1) is 12.7 Å². The molecule has 1 aliphatic rings. The molecular formula is C21H26FN3O. The van der Waals surface area contributed by atoms with Crippen molar-refractivity contribution in [1.82, 2.24) is 10.2 Å². The lowest BCUT2D eigenvalue weighted by Crippen LogP contribution is -2.57. The Hall–Kier alpha value is -2.40. The molecule has 1 fully saturated rings. The number of likely N-dealkylation sites (N-methyl/N-ethyl adjacent to an activating group) is 1. The molecule has 138 valence electrons. The first-order valence-electron chi connectivity index (χ1n) is 9.05. The van der Waals surface area contributed by atoms with Gasteiger partial charge in [-0.15, -0.1) is 0 Å². The van der Waals surface area contributed by atoms with Crippen molar-refractivity contribution in [2.24, 2.45) is 0 Å². The van der Waals surface area contributed by atoms with E-state index in [1.807, 2.05) is 0 Å². The van der Waals surface area contributed by atoms with Crippen LogP contribution >= 0.6 is 0 Å². The predicted octanol–water partition coefficient (Wildman–Crippen LogP) is 3.33. The van der Waals surface area contributed by atoms with Crippen molar-refractivity contribution in [2.75, 3.05) is 25.5 Å². The molecule has 3 rings (SSSR count). The van der Waals surface area contributed by atoms with Crippen LogP contribution in [0.4, 0.5) is 10.1 Å². The third kappa shape index (κ3) is 4.05. The van der Waals surface area contributed by atoms with E-state index in [0.717, 1.165) is 19.6 Å². The Morgan fingerprint density at radius 2 is 1.88 bits per heavy atom. The largest absolute Gasteiger partial charge is 0.371 e. The standard InChI is InChI=1S/C21H26FN3O/c1-16-6-3-4-7-17(16)15-25-12-10-21(11-13-25,20(26)23-2)24-19-9-5-8-18(22)14-19/h3-9,14,24H,10-13,15H2,1-2H3,(H,23,26). The summed E-state index contributed by atoms with van der Waals surface area (Å²) in [5.41, 5.74) is 2.54. The number of carbonyl (C=O) groups excluding carboxylic acids is 1. The summed E-state index contributed by atoms with van der Waals surface area (Å²) in [5, 5.41) is 6.07. The maximum Gasteiger partial charge on any atom is 0.245 e. The minimum absolute atomic E-state index is 0.0442. The van der Waals surface area contributed by atoms with Crippen LogP contribution in [-0.2, 0) is 11.3 Å². The van der Waals surface area contributed by atoms with Gasteiger partial charge in [0.15, 0.2) is 0 Å². The van der Waals surface area contributed by atoms with E-state index in [4.69, 9.17) is 0 Å². The van der Waals surface area contributed by atoms with Crippen molar-refractivity contribution in [3.05, 3.63) is 65.5 Å². The highest BCUT2D eigenvalue weighted by atomic mass is 19.1. The average Bonchev–Trinajstić information content (AvgIpc) is 2.64. The van der Waals surface area contributed by atoms with Gasteiger partial charge in [-0.3, -0.25) is 9.69 Å². The Labute approximate surface area is 154 Å². The van der Waals surface area contributed by atoms with Crippen molar-refractivity contribution in [3.8, 4) is 0 Å². The predicted molar refractivity (Wildman–Crippen MR) is 103 cm³/mol. The zero-order valence-electron chi connectivity index (χ0n) is 15.4. The summed E-state index contributed by atoms with van der Waals surface area (Å²) in [6, 6.07) is 14.7. The highest BCUT2D eigenvalue weighted by Gasteiger charge is 2.40. The van der Waals surface area contributed by atoms with E-state index in [9.17, 15) is 9.18 Å². The first kappa shape index (κ1) is 18.4. The summed E-state index contributed by atoms with van der Waals surface area (Å²) in [6.45, 7) is 4.63. The molecule has 1 heterocycles. The monoisotopic (exact) mass is 355 g/mol. The third-order valence-corrected chi connectivity index (χ3v) is 5.23. The fraction of sp³-hybridized carbons (Fsp3) is 0.381. The molecule has 26 heavy (non-hydrogen) atoms. The quantitative estimate of drug-likeness (QED) is 0.865. The molecule has 0 atom stereocenters. The summed E-state index contributed by atoms with van der Waals surface area (Å²) < 4.78 is 13.5. The molecule has 0 saturated carbocycles. The molecule has 0 radical (unpaired) electrons. The topological polar surface area (TPSA) is 44.4 Å². The molecular weight excluding hydrogens is 329 g/mol. The zero-order valence-corrected chi connectivity index (χ0v) is 15.4. The highest BCUT2D eigenvalue weighted by molar-refractivity contribution is 5.89. The van der Waals surface area contributed by atoms with Crippen LogP contribution in [0.5, 0.6) is 0 Å². The van der Waals surface area contributed by atoms with Crippen molar-refractivity contribution >= 4 is 11.6 Å². The van der Waals surface area contributed by atoms with Crippen molar-refractivity contribution in [2.45, 2.75) is 31.8 Å². The van der Waals surface area contributed by atoms with Gasteiger partial charge in [0.2, 0.25) is 5.91 Å². The van der Waals surface area contributed by atoms with Crippen LogP contribution in [0.15, 0.2) is 48.5 Å².